The topological polar surface area (TPSA) is 17.4 Å². The quantitative estimate of drug-likeness (QED) is 0.182. The molecule has 0 amide bonds. The minimum Gasteiger partial charge on any atom is -0.370 e. The second-order valence-corrected chi connectivity index (χ2v) is 16.7. The number of nitrogens with zero attached hydrogens (tertiary/aromatic N) is 2. The summed E-state index contributed by atoms with van der Waals surface area (Å²) in [5, 5.41) is 4.09. The van der Waals surface area contributed by atoms with Crippen molar-refractivity contribution in [3.63, 3.8) is 0 Å². The molecule has 52 heavy (non-hydrogen) atoms. The van der Waals surface area contributed by atoms with E-state index in [4.69, 9.17) is 4.74 Å². The molecule has 3 nitrogen and oxygen atoms in total. The van der Waals surface area contributed by atoms with Crippen LogP contribution in [0.1, 0.15) is 67.0 Å². The number of thiophene rings is 1. The van der Waals surface area contributed by atoms with Crippen LogP contribution in [0.5, 0.6) is 0 Å². The van der Waals surface area contributed by atoms with Crippen molar-refractivity contribution in [3.8, 4) is 0 Å². The van der Waals surface area contributed by atoms with Gasteiger partial charge in [-0.25, -0.2) is 0 Å². The van der Waals surface area contributed by atoms with E-state index in [1.807, 2.05) is 11.3 Å². The van der Waals surface area contributed by atoms with Crippen molar-refractivity contribution >= 4 is 60.6 Å². The first-order valence-corrected chi connectivity index (χ1v) is 20.4. The molecule has 6 aliphatic rings. The Kier molecular flexibility index (Phi) is 7.44. The maximum absolute atomic E-state index is 6.84. The van der Waals surface area contributed by atoms with Gasteiger partial charge in [-0.1, -0.05) is 104 Å². The van der Waals surface area contributed by atoms with E-state index in [1.54, 1.807) is 0 Å². The van der Waals surface area contributed by atoms with Crippen LogP contribution >= 0.6 is 11.3 Å². The summed E-state index contributed by atoms with van der Waals surface area (Å²) < 4.78 is 10.8. The predicted octanol–water partition coefficient (Wildman–Crippen LogP) is 12.3. The Bertz CT molecular complexity index is 2460. The molecule has 4 heteroatoms. The van der Waals surface area contributed by atoms with Crippen molar-refractivity contribution < 1.29 is 4.74 Å². The Labute approximate surface area is 310 Å². The molecule has 3 heterocycles. The number of aromatic nitrogens is 1. The van der Waals surface area contributed by atoms with Crippen LogP contribution in [0.15, 0.2) is 133 Å². The lowest BCUT2D eigenvalue weighted by molar-refractivity contribution is 0.0373. The maximum atomic E-state index is 6.84. The zero-order valence-corrected chi connectivity index (χ0v) is 30.4. The van der Waals surface area contributed by atoms with Crippen molar-refractivity contribution in [1.82, 2.24) is 4.57 Å². The van der Waals surface area contributed by atoms with Crippen LogP contribution in [0.2, 0.25) is 0 Å². The summed E-state index contributed by atoms with van der Waals surface area (Å²) in [5.74, 6) is 0.947. The van der Waals surface area contributed by atoms with Crippen LogP contribution < -0.4 is 4.90 Å². The number of hydrogen-bond donors (Lipinski definition) is 0. The van der Waals surface area contributed by atoms with Crippen LogP contribution in [0.25, 0.3) is 43.5 Å². The fraction of sp³-hybridized carbons (Fsp3) is 0.292. The average molecular weight is 697 g/mol. The van der Waals surface area contributed by atoms with E-state index in [0.717, 1.165) is 25.7 Å². The highest BCUT2D eigenvalue weighted by atomic mass is 32.1. The van der Waals surface area contributed by atoms with Gasteiger partial charge in [0.1, 0.15) is 0 Å². The van der Waals surface area contributed by atoms with Crippen LogP contribution in [-0.4, -0.2) is 22.8 Å². The molecular weight excluding hydrogens is 653 g/mol. The predicted molar refractivity (Wildman–Crippen MR) is 220 cm³/mol. The van der Waals surface area contributed by atoms with E-state index < -0.39 is 0 Å². The Morgan fingerprint density at radius 3 is 2.67 bits per heavy atom. The highest BCUT2D eigenvalue weighted by Gasteiger charge is 2.48. The first-order valence-electron chi connectivity index (χ1n) is 19.6. The Morgan fingerprint density at radius 1 is 0.788 bits per heavy atom. The fourth-order valence-corrected chi connectivity index (χ4v) is 11.5. The summed E-state index contributed by atoms with van der Waals surface area (Å²) in [6, 6.07) is 24.1. The standard InChI is InChI=1S/C48H44N2OS/c1-3-12-31(13-4-1)32-22-25-36-39-29-34(23-26-41(39)50(43(36)28-32)33-14-5-2-6-15-33)49(35-24-27-47-40(30-35)37-16-8-10-21-46(37)52-47)42-18-11-20-45-48(42)38-17-7-9-19-44(38)51-45/h1-3,5-6,8,10-12,14,16,18,20-29,33,35,38,44-45,48H,4,7,9,13,15,17,19,30H2. The van der Waals surface area contributed by atoms with E-state index >= 15 is 0 Å². The van der Waals surface area contributed by atoms with Crippen molar-refractivity contribution in [2.45, 2.75) is 75.7 Å². The minimum atomic E-state index is 0.153. The molecule has 2 aromatic heterocycles. The van der Waals surface area contributed by atoms with Gasteiger partial charge in [-0.15, -0.1) is 11.3 Å². The smallest absolute Gasteiger partial charge is 0.0849 e. The third-order valence-electron chi connectivity index (χ3n) is 12.8. The van der Waals surface area contributed by atoms with Gasteiger partial charge in [0.25, 0.3) is 0 Å². The molecule has 0 radical (unpaired) electrons. The minimum absolute atomic E-state index is 0.153. The molecule has 258 valence electrons. The van der Waals surface area contributed by atoms with Crippen LogP contribution in [0, 0.1) is 11.8 Å². The van der Waals surface area contributed by atoms with Crippen molar-refractivity contribution in [1.29, 1.82) is 0 Å². The summed E-state index contributed by atoms with van der Waals surface area (Å²) in [4.78, 5) is 4.14. The molecule has 5 aromatic rings. The zero-order chi connectivity index (χ0) is 34.2. The maximum Gasteiger partial charge on any atom is 0.0849 e. The summed E-state index contributed by atoms with van der Waals surface area (Å²) in [6.07, 6.45) is 37.6. The molecule has 6 unspecified atom stereocenters. The van der Waals surface area contributed by atoms with Crippen LogP contribution in [-0.2, 0) is 11.2 Å². The third-order valence-corrected chi connectivity index (χ3v) is 14.0. The number of hydrogen-bond acceptors (Lipinski definition) is 3. The molecule has 3 aromatic carbocycles. The molecule has 0 bridgehead atoms. The van der Waals surface area contributed by atoms with E-state index in [9.17, 15) is 0 Å². The molecule has 6 atom stereocenters. The first-order chi connectivity index (χ1) is 25.8. The largest absolute Gasteiger partial charge is 0.370 e. The number of ether oxygens (including phenoxy) is 1. The zero-order valence-electron chi connectivity index (χ0n) is 29.5. The summed E-state index contributed by atoms with van der Waals surface area (Å²) in [6.45, 7) is 0. The summed E-state index contributed by atoms with van der Waals surface area (Å²) in [7, 11) is 0. The average Bonchev–Trinajstić information content (AvgIpc) is 3.88. The number of allylic oxidation sites excluding steroid dienone is 10. The van der Waals surface area contributed by atoms with Gasteiger partial charge in [-0.3, -0.25) is 0 Å². The highest BCUT2D eigenvalue weighted by molar-refractivity contribution is 7.20. The van der Waals surface area contributed by atoms with E-state index in [1.165, 1.54) is 90.5 Å². The molecule has 5 aliphatic carbocycles. The van der Waals surface area contributed by atoms with Crippen molar-refractivity contribution in [2.24, 2.45) is 11.8 Å². The SMILES string of the molecule is C1=CCCC(c2ccc3c4cc(N(C5=CC=CC6OC7CCCCC7C56)C5C=Cc6sc7ccccc7c6C5)ccc4n(C4C=CC=CC4)c3c2)=C1. The van der Waals surface area contributed by atoms with Gasteiger partial charge in [0.2, 0.25) is 0 Å². The Hall–Kier alpha value is -4.64. The van der Waals surface area contributed by atoms with Gasteiger partial charge in [0.05, 0.1) is 29.8 Å². The number of anilines is 1. The Morgan fingerprint density at radius 2 is 1.75 bits per heavy atom. The number of benzene rings is 3. The van der Waals surface area contributed by atoms with Gasteiger partial charge in [0, 0.05) is 43.2 Å². The third kappa shape index (κ3) is 4.94. The van der Waals surface area contributed by atoms with Crippen molar-refractivity contribution in [2.75, 3.05) is 4.90 Å². The molecule has 1 aliphatic heterocycles. The second kappa shape index (κ2) is 12.5. The number of fused-ring (bicyclic) bond motifs is 9. The molecular formula is C48H44N2OS. The molecule has 1 saturated carbocycles. The van der Waals surface area contributed by atoms with Gasteiger partial charge in [0.15, 0.2) is 0 Å². The Balaban J connectivity index is 1.09. The van der Waals surface area contributed by atoms with E-state index in [-0.39, 0.29) is 12.1 Å². The first kappa shape index (κ1) is 30.9. The normalized spacial score (nSPS) is 27.5. The molecule has 2 fully saturated rings. The van der Waals surface area contributed by atoms with Gasteiger partial charge < -0.3 is 14.2 Å². The highest BCUT2D eigenvalue weighted by Crippen LogP contribution is 2.50. The second-order valence-electron chi connectivity index (χ2n) is 15.6. The van der Waals surface area contributed by atoms with Gasteiger partial charge >= 0.3 is 0 Å². The number of rotatable bonds is 5. The van der Waals surface area contributed by atoms with Crippen LogP contribution in [0.4, 0.5) is 5.69 Å². The van der Waals surface area contributed by atoms with Crippen LogP contribution in [0.3, 0.4) is 0 Å². The van der Waals surface area contributed by atoms with Crippen molar-refractivity contribution in [3.05, 3.63) is 149 Å². The molecule has 1 saturated heterocycles. The monoisotopic (exact) mass is 696 g/mol. The van der Waals surface area contributed by atoms with E-state index in [2.05, 4.69) is 143 Å². The molecule has 11 rings (SSSR count). The lowest BCUT2D eigenvalue weighted by Crippen LogP contribution is -2.42. The molecule has 0 N–H and O–H groups in total. The fourth-order valence-electron chi connectivity index (χ4n) is 10.4. The van der Waals surface area contributed by atoms with Gasteiger partial charge in [-0.05, 0) is 109 Å². The summed E-state index contributed by atoms with van der Waals surface area (Å²) in [5.41, 5.74) is 9.64. The van der Waals surface area contributed by atoms with E-state index in [0.29, 0.717) is 24.0 Å². The summed E-state index contributed by atoms with van der Waals surface area (Å²) >= 11 is 1.93. The van der Waals surface area contributed by atoms with Gasteiger partial charge in [-0.2, -0.15) is 0 Å². The molecule has 0 spiro atoms. The lowest BCUT2D eigenvalue weighted by atomic mass is 9.75. The lowest BCUT2D eigenvalue weighted by Gasteiger charge is -2.41.